The number of hydrogen-bond donors (Lipinski definition) is 0. The molecule has 0 aliphatic carbocycles. The van der Waals surface area contributed by atoms with Gasteiger partial charge < -0.3 is 8.85 Å². The molecule has 0 amide bonds. The first-order valence-corrected chi connectivity index (χ1v) is 7.85. The van der Waals surface area contributed by atoms with Crippen LogP contribution in [0.3, 0.4) is 0 Å². The van der Waals surface area contributed by atoms with Gasteiger partial charge in [0.25, 0.3) is 0 Å². The normalized spacial score (nSPS) is 11.7. The van der Waals surface area contributed by atoms with E-state index in [1.165, 1.54) is 32.1 Å². The van der Waals surface area contributed by atoms with Crippen molar-refractivity contribution >= 4 is 9.28 Å². The molecule has 0 atom stereocenters. The van der Waals surface area contributed by atoms with Crippen molar-refractivity contribution in [2.24, 2.45) is 0 Å². The Kier molecular flexibility index (Phi) is 11.9. The lowest BCUT2D eigenvalue weighted by Gasteiger charge is -2.09. The van der Waals surface area contributed by atoms with Crippen LogP contribution in [0.1, 0.15) is 52.9 Å². The molecule has 90 valence electrons. The lowest BCUT2D eigenvalue weighted by atomic mass is 10.2. The summed E-state index contributed by atoms with van der Waals surface area (Å²) in [6.45, 7) is 7.80. The summed E-state index contributed by atoms with van der Waals surface area (Å²) < 4.78 is 11.1. The summed E-state index contributed by atoms with van der Waals surface area (Å²) in [6, 6.07) is 0. The lowest BCUT2D eigenvalue weighted by Crippen LogP contribution is -2.20. The molecule has 15 heavy (non-hydrogen) atoms. The molecule has 0 bridgehead atoms. The first-order chi connectivity index (χ1) is 7.35. The molecule has 0 unspecified atom stereocenters. The van der Waals surface area contributed by atoms with Crippen molar-refractivity contribution in [1.29, 1.82) is 0 Å². The van der Waals surface area contributed by atoms with Gasteiger partial charge in [-0.15, -0.1) is 0 Å². The van der Waals surface area contributed by atoms with E-state index in [1.807, 2.05) is 13.8 Å². The Morgan fingerprint density at radius 3 is 2.13 bits per heavy atom. The summed E-state index contributed by atoms with van der Waals surface area (Å²) in [4.78, 5) is 0. The van der Waals surface area contributed by atoms with Gasteiger partial charge in [-0.25, -0.2) is 0 Å². The van der Waals surface area contributed by atoms with Crippen molar-refractivity contribution in [2.45, 2.75) is 52.9 Å². The van der Waals surface area contributed by atoms with Crippen molar-refractivity contribution in [2.75, 3.05) is 13.2 Å². The van der Waals surface area contributed by atoms with E-state index in [9.17, 15) is 0 Å². The van der Waals surface area contributed by atoms with Crippen LogP contribution in [0, 0.1) is 0 Å². The van der Waals surface area contributed by atoms with Gasteiger partial charge in [-0.3, -0.25) is 0 Å². The Hall–Kier alpha value is -0.123. The largest absolute Gasteiger partial charge is 0.394 e. The molecule has 0 aromatic carbocycles. The van der Waals surface area contributed by atoms with Gasteiger partial charge in [0.2, 0.25) is 0 Å². The predicted octanol–water partition coefficient (Wildman–Crippen LogP) is 3.35. The Balaban J connectivity index is 3.50. The molecule has 0 radical (unpaired) electrons. The van der Waals surface area contributed by atoms with Crippen LogP contribution >= 0.6 is 0 Å². The number of unbranched alkanes of at least 4 members (excludes halogenated alkanes) is 4. The molecule has 0 rings (SSSR count). The molecule has 0 saturated heterocycles. The predicted molar refractivity (Wildman–Crippen MR) is 68.3 cm³/mol. The maximum absolute atomic E-state index is 5.54. The highest BCUT2D eigenvalue weighted by Crippen LogP contribution is 2.03. The van der Waals surface area contributed by atoms with Gasteiger partial charge >= 0.3 is 9.28 Å². The van der Waals surface area contributed by atoms with E-state index in [4.69, 9.17) is 8.85 Å². The average molecular weight is 230 g/mol. The fraction of sp³-hybridized carbons (Fsp3) is 0.833. The van der Waals surface area contributed by atoms with E-state index in [2.05, 4.69) is 18.7 Å². The topological polar surface area (TPSA) is 18.5 Å². The summed E-state index contributed by atoms with van der Waals surface area (Å²) >= 11 is 0. The summed E-state index contributed by atoms with van der Waals surface area (Å²) in [5.41, 5.74) is 2.17. The standard InChI is InChI=1S/C12H26O2Si/c1-4-7-8-9-10-11-12-15(13-5-2)14-6-3/h11-12,15H,4-10H2,1-3H3. The van der Waals surface area contributed by atoms with Crippen molar-refractivity contribution in [1.82, 2.24) is 0 Å². The smallest absolute Gasteiger partial charge is 0.348 e. The van der Waals surface area contributed by atoms with Crippen molar-refractivity contribution < 1.29 is 8.85 Å². The summed E-state index contributed by atoms with van der Waals surface area (Å²) in [5, 5.41) is 0. The number of rotatable bonds is 10. The highest BCUT2D eigenvalue weighted by atomic mass is 28.3. The minimum absolute atomic E-state index is 0.761. The van der Waals surface area contributed by atoms with Crippen LogP contribution in [0.4, 0.5) is 0 Å². The molecule has 0 heterocycles. The van der Waals surface area contributed by atoms with Crippen LogP contribution in [0.2, 0.25) is 0 Å². The van der Waals surface area contributed by atoms with E-state index in [-0.39, 0.29) is 0 Å². The first kappa shape index (κ1) is 14.9. The summed E-state index contributed by atoms with van der Waals surface area (Å²) in [6.07, 6.45) is 8.70. The lowest BCUT2D eigenvalue weighted by molar-refractivity contribution is 0.224. The second-order valence-corrected chi connectivity index (χ2v) is 5.34. The third kappa shape index (κ3) is 10.2. The third-order valence-corrected chi connectivity index (χ3v) is 4.09. The van der Waals surface area contributed by atoms with Gasteiger partial charge in [0, 0.05) is 13.2 Å². The minimum atomic E-state index is -1.47. The monoisotopic (exact) mass is 230 g/mol. The van der Waals surface area contributed by atoms with E-state index < -0.39 is 9.28 Å². The molecule has 0 N–H and O–H groups in total. The quantitative estimate of drug-likeness (QED) is 0.423. The van der Waals surface area contributed by atoms with Crippen LogP contribution in [0.5, 0.6) is 0 Å². The minimum Gasteiger partial charge on any atom is -0.394 e. The van der Waals surface area contributed by atoms with Gasteiger partial charge in [0.05, 0.1) is 0 Å². The van der Waals surface area contributed by atoms with Crippen LogP contribution in [0.15, 0.2) is 11.8 Å². The second kappa shape index (κ2) is 11.9. The van der Waals surface area contributed by atoms with E-state index >= 15 is 0 Å². The molecule has 0 aromatic rings. The zero-order valence-electron chi connectivity index (χ0n) is 10.5. The third-order valence-electron chi connectivity index (χ3n) is 2.18. The first-order valence-electron chi connectivity index (χ1n) is 6.24. The van der Waals surface area contributed by atoms with E-state index in [1.54, 1.807) is 0 Å². The zero-order valence-corrected chi connectivity index (χ0v) is 11.7. The van der Waals surface area contributed by atoms with Gasteiger partial charge in [-0.2, -0.15) is 0 Å². The molecule has 0 aliphatic heterocycles. The van der Waals surface area contributed by atoms with Crippen LogP contribution in [-0.4, -0.2) is 22.5 Å². The molecular formula is C12H26O2Si. The highest BCUT2D eigenvalue weighted by molar-refractivity contribution is 6.50. The van der Waals surface area contributed by atoms with Gasteiger partial charge in [-0.1, -0.05) is 32.3 Å². The van der Waals surface area contributed by atoms with Crippen LogP contribution in [-0.2, 0) is 8.85 Å². The Labute approximate surface area is 96.5 Å². The van der Waals surface area contributed by atoms with Crippen LogP contribution < -0.4 is 0 Å². The average Bonchev–Trinajstić information content (AvgIpc) is 2.24. The van der Waals surface area contributed by atoms with Crippen molar-refractivity contribution in [3.63, 3.8) is 0 Å². The molecule has 0 fully saturated rings. The molecule has 0 spiro atoms. The summed E-state index contributed by atoms with van der Waals surface area (Å²) in [7, 11) is -1.47. The van der Waals surface area contributed by atoms with Crippen molar-refractivity contribution in [3.05, 3.63) is 11.8 Å². The fourth-order valence-corrected chi connectivity index (χ4v) is 2.77. The molecule has 3 heteroatoms. The highest BCUT2D eigenvalue weighted by Gasteiger charge is 2.05. The maximum atomic E-state index is 5.54. The van der Waals surface area contributed by atoms with Gasteiger partial charge in [0.15, 0.2) is 0 Å². The number of hydrogen-bond acceptors (Lipinski definition) is 2. The van der Waals surface area contributed by atoms with Gasteiger partial charge in [-0.05, 0) is 32.4 Å². The Morgan fingerprint density at radius 2 is 1.60 bits per heavy atom. The second-order valence-electron chi connectivity index (χ2n) is 3.56. The zero-order chi connectivity index (χ0) is 11.4. The number of allylic oxidation sites excluding steroid dienone is 1. The van der Waals surface area contributed by atoms with Crippen LogP contribution in [0.25, 0.3) is 0 Å². The molecule has 2 nitrogen and oxygen atoms in total. The molecule has 0 saturated carbocycles. The van der Waals surface area contributed by atoms with E-state index in [0.717, 1.165) is 13.2 Å². The fourth-order valence-electron chi connectivity index (χ4n) is 1.38. The molecule has 0 aliphatic rings. The SMILES string of the molecule is CCCCCCC=C[SiH](OCC)OCC. The Morgan fingerprint density at radius 1 is 0.933 bits per heavy atom. The molecule has 0 aromatic heterocycles. The van der Waals surface area contributed by atoms with E-state index in [0.29, 0.717) is 0 Å². The maximum Gasteiger partial charge on any atom is 0.348 e. The molecular weight excluding hydrogens is 204 g/mol. The summed E-state index contributed by atoms with van der Waals surface area (Å²) in [5.74, 6) is 0. The Bertz CT molecular complexity index is 143. The van der Waals surface area contributed by atoms with Crippen molar-refractivity contribution in [3.8, 4) is 0 Å². The van der Waals surface area contributed by atoms with Gasteiger partial charge in [0.1, 0.15) is 0 Å².